The number of nitrogens with zero attached hydrogens (tertiary/aromatic N) is 2. The minimum atomic E-state index is -0.962. The molecule has 3 N–H and O–H groups in total. The summed E-state index contributed by atoms with van der Waals surface area (Å²) in [4.78, 5) is 53.3. The summed E-state index contributed by atoms with van der Waals surface area (Å²) in [5, 5.41) is 15.0. The number of aryl methyl sites for hydroxylation is 2. The van der Waals surface area contributed by atoms with E-state index < -0.39 is 5.97 Å². The van der Waals surface area contributed by atoms with Gasteiger partial charge >= 0.3 is 11.9 Å². The molecular weight excluding hydrogens is 809 g/mol. The third-order valence-corrected chi connectivity index (χ3v) is 11.2. The lowest BCUT2D eigenvalue weighted by atomic mass is 9.97. The van der Waals surface area contributed by atoms with Crippen molar-refractivity contribution < 1.29 is 38.5 Å². The van der Waals surface area contributed by atoms with E-state index in [1.807, 2.05) is 105 Å². The molecule has 2 amide bonds. The molecule has 64 heavy (non-hydrogen) atoms. The van der Waals surface area contributed by atoms with Gasteiger partial charge in [-0.15, -0.1) is 0 Å². The molecule has 0 radical (unpaired) electrons. The van der Waals surface area contributed by atoms with Crippen LogP contribution in [0.2, 0.25) is 0 Å². The number of ether oxygens (including phenoxy) is 3. The van der Waals surface area contributed by atoms with Gasteiger partial charge in [0.05, 0.1) is 44.2 Å². The molecule has 2 heterocycles. The van der Waals surface area contributed by atoms with Crippen LogP contribution < -0.4 is 20.4 Å². The average Bonchev–Trinajstić information content (AvgIpc) is 3.33. The number of carbonyl (C=O) groups excluding carboxylic acids is 3. The molecule has 6 aromatic rings. The first kappa shape index (κ1) is 44.8. The summed E-state index contributed by atoms with van der Waals surface area (Å²) in [6.07, 6.45) is 0. The van der Waals surface area contributed by atoms with Crippen LogP contribution in [0.25, 0.3) is 22.3 Å². The molecule has 12 nitrogen and oxygen atoms in total. The second-order valence-corrected chi connectivity index (χ2v) is 15.4. The van der Waals surface area contributed by atoms with E-state index in [4.69, 9.17) is 19.3 Å². The second kappa shape index (κ2) is 21.2. The fraction of sp³-hybridized carbons (Fsp3) is 0.231. The van der Waals surface area contributed by atoms with Crippen LogP contribution in [0.4, 0.5) is 22.7 Å². The predicted octanol–water partition coefficient (Wildman–Crippen LogP) is 9.38. The van der Waals surface area contributed by atoms with Gasteiger partial charge in [-0.1, -0.05) is 36.4 Å². The van der Waals surface area contributed by atoms with E-state index in [1.165, 1.54) is 0 Å². The van der Waals surface area contributed by atoms with Crippen LogP contribution in [0.15, 0.2) is 133 Å². The molecule has 8 rings (SSSR count). The number of rotatable bonds is 11. The first-order valence-corrected chi connectivity index (χ1v) is 21.4. The van der Waals surface area contributed by atoms with Crippen LogP contribution in [-0.4, -0.2) is 88.1 Å². The van der Waals surface area contributed by atoms with Crippen LogP contribution in [0, 0.1) is 13.8 Å². The Morgan fingerprint density at radius 1 is 0.531 bits per heavy atom. The zero-order chi connectivity index (χ0) is 45.0. The van der Waals surface area contributed by atoms with Gasteiger partial charge in [0.2, 0.25) is 0 Å². The number of carboxylic acids is 1. The minimum Gasteiger partial charge on any atom is -0.478 e. The number of amides is 2. The largest absolute Gasteiger partial charge is 0.478 e. The van der Waals surface area contributed by atoms with Crippen LogP contribution in [-0.2, 0) is 14.2 Å². The van der Waals surface area contributed by atoms with Crippen molar-refractivity contribution in [1.82, 2.24) is 0 Å². The third-order valence-electron chi connectivity index (χ3n) is 11.2. The van der Waals surface area contributed by atoms with Gasteiger partial charge in [-0.25, -0.2) is 9.59 Å². The number of hydrogen-bond acceptors (Lipinski definition) is 9. The van der Waals surface area contributed by atoms with Gasteiger partial charge in [-0.3, -0.25) is 9.59 Å². The highest BCUT2D eigenvalue weighted by atomic mass is 16.5. The summed E-state index contributed by atoms with van der Waals surface area (Å²) in [5.74, 6) is -1.66. The van der Waals surface area contributed by atoms with Gasteiger partial charge in [-0.2, -0.15) is 0 Å². The monoisotopic (exact) mass is 860 g/mol. The molecule has 0 bridgehead atoms. The molecule has 6 aromatic carbocycles. The molecule has 0 unspecified atom stereocenters. The Morgan fingerprint density at radius 2 is 0.906 bits per heavy atom. The van der Waals surface area contributed by atoms with E-state index in [9.17, 15) is 19.2 Å². The van der Waals surface area contributed by atoms with Crippen molar-refractivity contribution in [1.29, 1.82) is 0 Å². The first-order chi connectivity index (χ1) is 31.1. The van der Waals surface area contributed by atoms with Crippen LogP contribution in [0.5, 0.6) is 0 Å². The fourth-order valence-electron chi connectivity index (χ4n) is 7.50. The lowest BCUT2D eigenvalue weighted by Crippen LogP contribution is -2.36. The normalized spacial score (nSPS) is 13.5. The molecule has 0 saturated carbocycles. The molecule has 328 valence electrons. The Morgan fingerprint density at radius 3 is 1.28 bits per heavy atom. The zero-order valence-corrected chi connectivity index (χ0v) is 36.3. The highest BCUT2D eigenvalue weighted by Crippen LogP contribution is 2.28. The van der Waals surface area contributed by atoms with Crippen LogP contribution in [0.1, 0.15) is 59.5 Å². The summed E-state index contributed by atoms with van der Waals surface area (Å²) in [5.41, 5.74) is 11.3. The number of carbonyl (C=O) groups is 4. The van der Waals surface area contributed by atoms with Gasteiger partial charge in [0.25, 0.3) is 11.8 Å². The van der Waals surface area contributed by atoms with E-state index in [2.05, 4.69) is 20.4 Å². The number of esters is 1. The zero-order valence-electron chi connectivity index (χ0n) is 36.3. The molecule has 2 fully saturated rings. The highest BCUT2D eigenvalue weighted by Gasteiger charge is 2.16. The number of nitrogens with one attached hydrogen (secondary N) is 2. The SMILES string of the molecule is CCOC(=O)c1ccc(-c2cc(C(=O)Nc3ccc(N4CCOCC4)cc3)ccc2C)cc1.Cc1ccc(C(=O)Nc2ccc(N3CCOCC3)cc2)cc1-c1ccc(C(=O)O)cc1. The molecular formula is C52H52N4O8. The number of benzene rings is 6. The first-order valence-electron chi connectivity index (χ1n) is 21.4. The fourth-order valence-corrected chi connectivity index (χ4v) is 7.50. The molecule has 0 atom stereocenters. The average molecular weight is 861 g/mol. The molecule has 12 heteroatoms. The molecule has 0 aromatic heterocycles. The van der Waals surface area contributed by atoms with Crippen molar-refractivity contribution in [3.05, 3.63) is 167 Å². The van der Waals surface area contributed by atoms with Crippen molar-refractivity contribution in [2.24, 2.45) is 0 Å². The lowest BCUT2D eigenvalue weighted by molar-refractivity contribution is 0.0525. The molecule has 2 aliphatic heterocycles. The summed E-state index contributed by atoms with van der Waals surface area (Å²) in [6, 6.07) is 40.8. The Bertz CT molecular complexity index is 2560. The van der Waals surface area contributed by atoms with Crippen LogP contribution in [0.3, 0.4) is 0 Å². The van der Waals surface area contributed by atoms with Crippen molar-refractivity contribution in [2.75, 3.05) is 79.6 Å². The summed E-state index contributed by atoms with van der Waals surface area (Å²) >= 11 is 0. The van der Waals surface area contributed by atoms with Gasteiger partial charge in [0.1, 0.15) is 0 Å². The van der Waals surface area contributed by atoms with E-state index in [0.717, 1.165) is 109 Å². The quantitative estimate of drug-likeness (QED) is 0.108. The van der Waals surface area contributed by atoms with Gasteiger partial charge in [0.15, 0.2) is 0 Å². The lowest BCUT2D eigenvalue weighted by Gasteiger charge is -2.28. The molecule has 0 spiro atoms. The number of hydrogen-bond donors (Lipinski definition) is 3. The second-order valence-electron chi connectivity index (χ2n) is 15.4. The Hall–Kier alpha value is -7.28. The number of carboxylic acid groups (broad SMARTS) is 1. The smallest absolute Gasteiger partial charge is 0.338 e. The van der Waals surface area contributed by atoms with Gasteiger partial charge in [0, 0.05) is 60.1 Å². The van der Waals surface area contributed by atoms with Crippen molar-refractivity contribution in [3.63, 3.8) is 0 Å². The van der Waals surface area contributed by atoms with E-state index >= 15 is 0 Å². The van der Waals surface area contributed by atoms with E-state index in [0.29, 0.717) is 23.3 Å². The maximum absolute atomic E-state index is 12.9. The minimum absolute atomic E-state index is 0.168. The highest BCUT2D eigenvalue weighted by molar-refractivity contribution is 6.06. The van der Waals surface area contributed by atoms with Crippen molar-refractivity contribution >= 4 is 46.5 Å². The maximum Gasteiger partial charge on any atom is 0.338 e. The van der Waals surface area contributed by atoms with Crippen molar-refractivity contribution in [3.8, 4) is 22.3 Å². The Balaban J connectivity index is 0.000000192. The van der Waals surface area contributed by atoms with E-state index in [-0.39, 0.29) is 23.3 Å². The number of morpholine rings is 2. The number of aromatic carboxylic acids is 1. The molecule has 0 aliphatic carbocycles. The summed E-state index contributed by atoms with van der Waals surface area (Å²) < 4.78 is 15.8. The van der Waals surface area contributed by atoms with Gasteiger partial charge < -0.3 is 39.8 Å². The standard InChI is InChI=1S/C27H28N2O4.C25H24N2O4/c1-3-33-27(31)21-8-6-20(7-9-21)25-18-22(5-4-19(25)2)26(30)28-23-10-12-24(13-11-23)29-14-16-32-17-15-29;1-17-2-3-20(16-23(17)18-4-6-19(7-5-18)25(29)30)24(28)26-21-8-10-22(11-9-21)27-12-14-31-15-13-27/h4-13,18H,3,14-17H2,1-2H3,(H,28,30);2-11,16H,12-15H2,1H3,(H,26,28)(H,29,30). The number of anilines is 4. The summed E-state index contributed by atoms with van der Waals surface area (Å²) in [6.45, 7) is 12.5. The predicted molar refractivity (Wildman–Crippen MR) is 251 cm³/mol. The third kappa shape index (κ3) is 11.4. The summed E-state index contributed by atoms with van der Waals surface area (Å²) in [7, 11) is 0. The van der Waals surface area contributed by atoms with Crippen molar-refractivity contribution in [2.45, 2.75) is 20.8 Å². The van der Waals surface area contributed by atoms with E-state index in [1.54, 1.807) is 49.4 Å². The molecule has 2 aliphatic rings. The van der Waals surface area contributed by atoms with Crippen LogP contribution >= 0.6 is 0 Å². The Kier molecular flexibility index (Phi) is 14.8. The topological polar surface area (TPSA) is 147 Å². The maximum atomic E-state index is 12.9. The van der Waals surface area contributed by atoms with Gasteiger partial charge in [-0.05, 0) is 151 Å². The molecule has 2 saturated heterocycles. The Labute approximate surface area is 373 Å².